The average Bonchev–Trinajstić information content (AvgIpc) is 2.77. The standard InChI is InChI=1S/C15H13BrClFIN3O/c16-11-9(19)3-8-13(12(11)18)20-15(17)21-14(8)22-4-6-1-7(5-22)10(23)2-6/h3,6-7,10,23H,1-2,4-5H2/t6-,7-,10-/m1/s1. The average molecular weight is 513 g/mol. The van der Waals surface area contributed by atoms with Gasteiger partial charge in [-0.3, -0.25) is 0 Å². The van der Waals surface area contributed by atoms with Gasteiger partial charge >= 0.3 is 0 Å². The minimum Gasteiger partial charge on any atom is -0.393 e. The zero-order chi connectivity index (χ0) is 16.3. The van der Waals surface area contributed by atoms with Crippen LogP contribution in [0, 0.1) is 21.2 Å². The summed E-state index contributed by atoms with van der Waals surface area (Å²) < 4.78 is 15.7. The van der Waals surface area contributed by atoms with Crippen molar-refractivity contribution in [3.8, 4) is 0 Å². The molecule has 0 unspecified atom stereocenters. The van der Waals surface area contributed by atoms with Gasteiger partial charge in [0.1, 0.15) is 11.3 Å². The Morgan fingerprint density at radius 2 is 2.13 bits per heavy atom. The molecule has 0 amide bonds. The summed E-state index contributed by atoms with van der Waals surface area (Å²) in [6, 6.07) is 1.88. The SMILES string of the molecule is O[C@@H]1C[C@H]2C[C@@H]1CN(c1nc(Cl)nc3c(F)c(Br)c(I)cc13)C2. The van der Waals surface area contributed by atoms with E-state index in [0.29, 0.717) is 28.1 Å². The number of aliphatic hydroxyl groups excluding tert-OH is 1. The molecule has 0 radical (unpaired) electrons. The lowest BCUT2D eigenvalue weighted by atomic mass is 9.98. The molecule has 2 fully saturated rings. The zero-order valence-corrected chi connectivity index (χ0v) is 16.4. The van der Waals surface area contributed by atoms with E-state index >= 15 is 0 Å². The molecular weight excluding hydrogens is 499 g/mol. The van der Waals surface area contributed by atoms with Gasteiger partial charge in [0.25, 0.3) is 0 Å². The first-order valence-corrected chi connectivity index (χ1v) is 9.62. The molecule has 1 aliphatic carbocycles. The highest BCUT2D eigenvalue weighted by atomic mass is 127. The summed E-state index contributed by atoms with van der Waals surface area (Å²) >= 11 is 11.4. The molecule has 3 atom stereocenters. The molecule has 1 aliphatic heterocycles. The Bertz CT molecular complexity index is 806. The number of benzene rings is 1. The minimum atomic E-state index is -0.419. The van der Waals surface area contributed by atoms with Crippen molar-refractivity contribution in [3.63, 3.8) is 0 Å². The summed E-state index contributed by atoms with van der Waals surface area (Å²) in [7, 11) is 0. The van der Waals surface area contributed by atoms with E-state index < -0.39 is 5.82 Å². The topological polar surface area (TPSA) is 49.2 Å². The maximum Gasteiger partial charge on any atom is 0.225 e. The molecule has 0 spiro atoms. The highest BCUT2D eigenvalue weighted by Gasteiger charge is 2.40. The van der Waals surface area contributed by atoms with Gasteiger partial charge in [0.2, 0.25) is 5.28 Å². The van der Waals surface area contributed by atoms with Crippen molar-refractivity contribution in [2.45, 2.75) is 18.9 Å². The van der Waals surface area contributed by atoms with Gasteiger partial charge in [0.15, 0.2) is 5.82 Å². The van der Waals surface area contributed by atoms with Crippen LogP contribution in [0.2, 0.25) is 5.28 Å². The summed E-state index contributed by atoms with van der Waals surface area (Å²) in [6.07, 6.45) is 1.63. The van der Waals surface area contributed by atoms with Crippen LogP contribution in [0.5, 0.6) is 0 Å². The molecule has 1 aromatic carbocycles. The number of halogens is 4. The molecule has 4 rings (SSSR count). The normalized spacial score (nSPS) is 27.0. The number of rotatable bonds is 1. The third-order valence-electron chi connectivity index (χ3n) is 4.77. The molecule has 2 heterocycles. The summed E-state index contributed by atoms with van der Waals surface area (Å²) in [5.41, 5.74) is 0.228. The maximum absolute atomic E-state index is 14.6. The van der Waals surface area contributed by atoms with Gasteiger partial charge in [0.05, 0.1) is 10.6 Å². The van der Waals surface area contributed by atoms with Crippen LogP contribution in [0.25, 0.3) is 10.9 Å². The van der Waals surface area contributed by atoms with Gasteiger partial charge in [0, 0.05) is 28.0 Å². The quantitative estimate of drug-likeness (QED) is 0.357. The van der Waals surface area contributed by atoms with Crippen LogP contribution in [0.4, 0.5) is 10.2 Å². The van der Waals surface area contributed by atoms with E-state index in [1.165, 1.54) is 0 Å². The molecule has 122 valence electrons. The van der Waals surface area contributed by atoms with E-state index in [2.05, 4.69) is 53.4 Å². The third kappa shape index (κ3) is 2.73. The summed E-state index contributed by atoms with van der Waals surface area (Å²) in [6.45, 7) is 1.53. The van der Waals surface area contributed by atoms with E-state index in [1.54, 1.807) is 0 Å². The Balaban J connectivity index is 1.87. The number of piperidine rings is 1. The number of nitrogens with zero attached hydrogens (tertiary/aromatic N) is 3. The van der Waals surface area contributed by atoms with Gasteiger partial charge in [-0.1, -0.05) is 0 Å². The van der Waals surface area contributed by atoms with Crippen LogP contribution in [-0.4, -0.2) is 34.3 Å². The lowest BCUT2D eigenvalue weighted by Crippen LogP contribution is -2.38. The lowest BCUT2D eigenvalue weighted by molar-refractivity contribution is 0.137. The Morgan fingerprint density at radius 1 is 1.35 bits per heavy atom. The van der Waals surface area contributed by atoms with Crippen molar-refractivity contribution in [2.24, 2.45) is 11.8 Å². The molecule has 2 bridgehead atoms. The van der Waals surface area contributed by atoms with E-state index in [1.807, 2.05) is 6.07 Å². The maximum atomic E-state index is 14.6. The molecule has 8 heteroatoms. The predicted octanol–water partition coefficient (Wildman–Crippen LogP) is 4.00. The molecular formula is C15H13BrClFIN3O. The van der Waals surface area contributed by atoms with E-state index in [0.717, 1.165) is 23.0 Å². The van der Waals surface area contributed by atoms with Gasteiger partial charge in [-0.15, -0.1) is 0 Å². The Labute approximate surface area is 159 Å². The van der Waals surface area contributed by atoms with Crippen LogP contribution in [0.15, 0.2) is 10.5 Å². The Hall–Kier alpha value is -0.250. The highest BCUT2D eigenvalue weighted by Crippen LogP contribution is 2.41. The van der Waals surface area contributed by atoms with Crippen molar-refractivity contribution in [1.82, 2.24) is 9.97 Å². The van der Waals surface area contributed by atoms with Crippen LogP contribution >= 0.6 is 50.1 Å². The number of fused-ring (bicyclic) bond motifs is 3. The van der Waals surface area contributed by atoms with Crippen molar-refractivity contribution in [2.75, 3.05) is 18.0 Å². The van der Waals surface area contributed by atoms with Crippen molar-refractivity contribution >= 4 is 66.8 Å². The van der Waals surface area contributed by atoms with Gasteiger partial charge in [-0.05, 0) is 74.9 Å². The number of hydrogen-bond acceptors (Lipinski definition) is 4. The van der Waals surface area contributed by atoms with Crippen molar-refractivity contribution < 1.29 is 9.50 Å². The molecule has 4 nitrogen and oxygen atoms in total. The second-order valence-electron chi connectivity index (χ2n) is 6.27. The number of hydrogen-bond donors (Lipinski definition) is 1. The van der Waals surface area contributed by atoms with Crippen LogP contribution in [0.3, 0.4) is 0 Å². The van der Waals surface area contributed by atoms with Gasteiger partial charge in [-0.25, -0.2) is 9.37 Å². The van der Waals surface area contributed by atoms with E-state index in [-0.39, 0.29) is 22.8 Å². The number of aliphatic hydroxyl groups is 1. The summed E-state index contributed by atoms with van der Waals surface area (Å²) in [4.78, 5) is 10.6. The molecule has 1 N–H and O–H groups in total. The number of aromatic nitrogens is 2. The molecule has 2 aromatic rings. The largest absolute Gasteiger partial charge is 0.393 e. The molecule has 2 aliphatic rings. The highest BCUT2D eigenvalue weighted by molar-refractivity contribution is 14.1. The fraction of sp³-hybridized carbons (Fsp3) is 0.467. The minimum absolute atomic E-state index is 0.0398. The Kier molecular flexibility index (Phi) is 4.18. The van der Waals surface area contributed by atoms with E-state index in [4.69, 9.17) is 11.6 Å². The Morgan fingerprint density at radius 3 is 2.87 bits per heavy atom. The molecule has 1 aromatic heterocycles. The van der Waals surface area contributed by atoms with Crippen molar-refractivity contribution in [3.05, 3.63) is 25.2 Å². The van der Waals surface area contributed by atoms with Crippen LogP contribution in [-0.2, 0) is 0 Å². The molecule has 1 saturated carbocycles. The smallest absolute Gasteiger partial charge is 0.225 e. The van der Waals surface area contributed by atoms with E-state index in [9.17, 15) is 9.50 Å². The zero-order valence-electron chi connectivity index (χ0n) is 11.9. The third-order valence-corrected chi connectivity index (χ3v) is 7.30. The second kappa shape index (κ2) is 5.93. The first-order valence-electron chi connectivity index (χ1n) is 7.37. The monoisotopic (exact) mass is 511 g/mol. The van der Waals surface area contributed by atoms with Crippen LogP contribution < -0.4 is 4.90 Å². The summed E-state index contributed by atoms with van der Waals surface area (Å²) in [5.74, 6) is 0.939. The van der Waals surface area contributed by atoms with Gasteiger partial charge < -0.3 is 10.0 Å². The van der Waals surface area contributed by atoms with Crippen LogP contribution in [0.1, 0.15) is 12.8 Å². The summed E-state index contributed by atoms with van der Waals surface area (Å²) in [5, 5.41) is 10.8. The predicted molar refractivity (Wildman–Crippen MR) is 99.4 cm³/mol. The van der Waals surface area contributed by atoms with Crippen molar-refractivity contribution in [1.29, 1.82) is 0 Å². The van der Waals surface area contributed by atoms with Gasteiger partial charge in [-0.2, -0.15) is 4.98 Å². The fourth-order valence-corrected chi connectivity index (χ4v) is 4.79. The fourth-order valence-electron chi connectivity index (χ4n) is 3.77. The molecule has 1 saturated heterocycles. The second-order valence-corrected chi connectivity index (χ2v) is 8.56. The number of anilines is 1. The molecule has 23 heavy (non-hydrogen) atoms. The lowest BCUT2D eigenvalue weighted by Gasteiger charge is -2.33. The first-order chi connectivity index (χ1) is 10.9. The first kappa shape index (κ1) is 16.2.